The third-order valence-corrected chi connectivity index (χ3v) is 10.2. The van der Waals surface area contributed by atoms with Gasteiger partial charge in [0.25, 0.3) is 5.69 Å². The fourth-order valence-corrected chi connectivity index (χ4v) is 7.85. The molecule has 1 unspecified atom stereocenters. The van der Waals surface area contributed by atoms with E-state index in [0.717, 1.165) is 43.2 Å². The SMILES string of the molecule is CCN(Cc1ccc([N+](=O)[O-])cc1)C(=O)C1NC2(CCCCC2)[C@](C)(c2ccc(Cl)cc2NC=O)[C@H]1c1cccc(Cl)c1F. The number of benzene rings is 3. The highest BCUT2D eigenvalue weighted by molar-refractivity contribution is 6.31. The molecule has 0 aromatic heterocycles. The molecule has 8 nitrogen and oxygen atoms in total. The van der Waals surface area contributed by atoms with E-state index in [1.165, 1.54) is 18.2 Å². The van der Waals surface area contributed by atoms with E-state index in [4.69, 9.17) is 23.2 Å². The van der Waals surface area contributed by atoms with E-state index in [0.29, 0.717) is 29.2 Å². The molecule has 1 aliphatic heterocycles. The number of carbonyl (C=O) groups excluding carboxylic acids is 2. The molecule has 1 spiro atoms. The van der Waals surface area contributed by atoms with Crippen molar-refractivity contribution in [1.29, 1.82) is 0 Å². The van der Waals surface area contributed by atoms with Crippen molar-refractivity contribution in [3.63, 3.8) is 0 Å². The number of nitrogens with zero attached hydrogens (tertiary/aromatic N) is 2. The Bertz CT molecular complexity index is 1560. The zero-order valence-electron chi connectivity index (χ0n) is 24.6. The van der Waals surface area contributed by atoms with Gasteiger partial charge in [-0.25, -0.2) is 4.39 Å². The number of non-ortho nitro benzene ring substituents is 1. The van der Waals surface area contributed by atoms with Crippen LogP contribution in [-0.2, 0) is 21.5 Å². The van der Waals surface area contributed by atoms with Crippen molar-refractivity contribution >= 4 is 46.9 Å². The number of carbonyl (C=O) groups is 2. The molecule has 44 heavy (non-hydrogen) atoms. The molecule has 2 fully saturated rings. The zero-order valence-corrected chi connectivity index (χ0v) is 26.1. The number of halogens is 3. The van der Waals surface area contributed by atoms with E-state index in [2.05, 4.69) is 17.6 Å². The van der Waals surface area contributed by atoms with Gasteiger partial charge in [0.2, 0.25) is 12.3 Å². The van der Waals surface area contributed by atoms with E-state index < -0.39 is 33.7 Å². The normalized spacial score (nSPS) is 22.5. The van der Waals surface area contributed by atoms with Gasteiger partial charge < -0.3 is 10.2 Å². The molecule has 3 aromatic carbocycles. The summed E-state index contributed by atoms with van der Waals surface area (Å²) in [6.07, 6.45) is 4.94. The third kappa shape index (κ3) is 5.57. The molecule has 11 heteroatoms. The summed E-state index contributed by atoms with van der Waals surface area (Å²) in [5.74, 6) is -1.52. The molecule has 5 rings (SSSR count). The molecule has 3 atom stereocenters. The summed E-state index contributed by atoms with van der Waals surface area (Å²) in [5.41, 5.74) is 0.760. The first-order chi connectivity index (χ1) is 21.1. The summed E-state index contributed by atoms with van der Waals surface area (Å²) < 4.78 is 16.1. The second-order valence-corrected chi connectivity index (χ2v) is 12.7. The molecule has 1 heterocycles. The highest BCUT2D eigenvalue weighted by Gasteiger charge is 2.65. The zero-order chi connectivity index (χ0) is 31.6. The fourth-order valence-electron chi connectivity index (χ4n) is 7.50. The lowest BCUT2D eigenvalue weighted by atomic mass is 9.56. The molecular formula is C33H35Cl2FN4O4. The molecular weight excluding hydrogens is 606 g/mol. The van der Waals surface area contributed by atoms with Crippen LogP contribution in [0.25, 0.3) is 0 Å². The first kappa shape index (κ1) is 31.9. The van der Waals surface area contributed by atoms with Gasteiger partial charge in [0, 0.05) is 52.8 Å². The summed E-state index contributed by atoms with van der Waals surface area (Å²) in [6, 6.07) is 15.4. The van der Waals surface area contributed by atoms with Crippen LogP contribution in [0.4, 0.5) is 15.8 Å². The second kappa shape index (κ2) is 12.8. The number of amides is 2. The van der Waals surface area contributed by atoms with E-state index in [-0.39, 0.29) is 23.2 Å². The maximum absolute atomic E-state index is 16.1. The topological polar surface area (TPSA) is 105 Å². The Morgan fingerprint density at radius 3 is 2.48 bits per heavy atom. The summed E-state index contributed by atoms with van der Waals surface area (Å²) >= 11 is 12.7. The predicted octanol–water partition coefficient (Wildman–Crippen LogP) is 7.37. The minimum Gasteiger partial charge on any atom is -0.337 e. The van der Waals surface area contributed by atoms with Crippen molar-refractivity contribution in [2.24, 2.45) is 0 Å². The predicted molar refractivity (Wildman–Crippen MR) is 170 cm³/mol. The Morgan fingerprint density at radius 2 is 1.84 bits per heavy atom. The van der Waals surface area contributed by atoms with Gasteiger partial charge in [0.15, 0.2) is 0 Å². The summed E-state index contributed by atoms with van der Waals surface area (Å²) in [5, 5.41) is 18.1. The lowest BCUT2D eigenvalue weighted by molar-refractivity contribution is -0.384. The van der Waals surface area contributed by atoms with Crippen LogP contribution >= 0.6 is 23.2 Å². The Labute approximate surface area is 266 Å². The van der Waals surface area contributed by atoms with Crippen molar-refractivity contribution in [1.82, 2.24) is 10.2 Å². The third-order valence-electron chi connectivity index (χ3n) is 9.64. The van der Waals surface area contributed by atoms with E-state index in [1.54, 1.807) is 41.3 Å². The van der Waals surface area contributed by atoms with Crippen molar-refractivity contribution in [3.8, 4) is 0 Å². The van der Waals surface area contributed by atoms with Crippen LogP contribution in [0.15, 0.2) is 60.7 Å². The van der Waals surface area contributed by atoms with Gasteiger partial charge in [-0.05, 0) is 54.7 Å². The number of nitrogens with one attached hydrogen (secondary N) is 2. The van der Waals surface area contributed by atoms with Gasteiger partial charge in [0.1, 0.15) is 5.82 Å². The van der Waals surface area contributed by atoms with Crippen molar-refractivity contribution in [2.75, 3.05) is 11.9 Å². The van der Waals surface area contributed by atoms with Gasteiger partial charge in [-0.15, -0.1) is 0 Å². The van der Waals surface area contributed by atoms with Crippen LogP contribution in [0.2, 0.25) is 10.0 Å². The smallest absolute Gasteiger partial charge is 0.269 e. The standard InChI is InChI=1S/C33H35Cl2FN4O4/c1-3-39(19-21-10-13-23(14-11-21)40(43)44)31(42)30-28(24-8-7-9-26(35)29(24)36)32(2,33(38-30)16-5-4-6-17-33)25-15-12-22(34)18-27(25)37-20-41/h7-15,18,20,28,30,38H,3-6,16-17,19H2,1-2H3,(H,37,41)/t28-,30?,32+/m0/s1. The molecule has 1 aliphatic carbocycles. The number of nitro benzene ring substituents is 1. The molecule has 232 valence electrons. The van der Waals surface area contributed by atoms with Crippen LogP contribution in [0.1, 0.15) is 68.6 Å². The van der Waals surface area contributed by atoms with Crippen molar-refractivity contribution < 1.29 is 18.9 Å². The molecule has 0 bridgehead atoms. The Morgan fingerprint density at radius 1 is 1.14 bits per heavy atom. The van der Waals surface area contributed by atoms with Crippen LogP contribution < -0.4 is 10.6 Å². The Hall–Kier alpha value is -3.53. The minimum atomic E-state index is -0.887. The lowest BCUT2D eigenvalue weighted by Crippen LogP contribution is -2.56. The second-order valence-electron chi connectivity index (χ2n) is 11.8. The Balaban J connectivity index is 1.68. The van der Waals surface area contributed by atoms with E-state index in [1.807, 2.05) is 13.0 Å². The van der Waals surface area contributed by atoms with Gasteiger partial charge in [-0.2, -0.15) is 0 Å². The van der Waals surface area contributed by atoms with Gasteiger partial charge in [-0.1, -0.05) is 79.7 Å². The lowest BCUT2D eigenvalue weighted by Gasteiger charge is -2.49. The number of nitro groups is 1. The average Bonchev–Trinajstić information content (AvgIpc) is 3.25. The number of rotatable bonds is 9. The largest absolute Gasteiger partial charge is 0.337 e. The van der Waals surface area contributed by atoms with Crippen LogP contribution in [0.3, 0.4) is 0 Å². The number of hydrogen-bond acceptors (Lipinski definition) is 5. The average molecular weight is 642 g/mol. The number of anilines is 1. The highest BCUT2D eigenvalue weighted by Crippen LogP contribution is 2.60. The van der Waals surface area contributed by atoms with E-state index in [9.17, 15) is 19.7 Å². The summed E-state index contributed by atoms with van der Waals surface area (Å²) in [7, 11) is 0. The molecule has 2 aliphatic rings. The van der Waals surface area contributed by atoms with Gasteiger partial charge >= 0.3 is 0 Å². The molecule has 0 radical (unpaired) electrons. The molecule has 3 aromatic rings. The molecule has 1 saturated carbocycles. The maximum Gasteiger partial charge on any atom is 0.269 e. The minimum absolute atomic E-state index is 0.0326. The Kier molecular flexibility index (Phi) is 9.30. The van der Waals surface area contributed by atoms with Crippen molar-refractivity contribution in [2.45, 2.75) is 75.4 Å². The summed E-state index contributed by atoms with van der Waals surface area (Å²) in [4.78, 5) is 38.8. The summed E-state index contributed by atoms with van der Waals surface area (Å²) in [6.45, 7) is 4.50. The molecule has 1 saturated heterocycles. The number of hydrogen-bond donors (Lipinski definition) is 2. The fraction of sp³-hybridized carbons (Fsp3) is 0.394. The van der Waals surface area contributed by atoms with Crippen molar-refractivity contribution in [3.05, 3.63) is 103 Å². The first-order valence-corrected chi connectivity index (χ1v) is 15.6. The monoisotopic (exact) mass is 640 g/mol. The van der Waals surface area contributed by atoms with Gasteiger partial charge in [0.05, 0.1) is 16.0 Å². The van der Waals surface area contributed by atoms with Crippen LogP contribution in [0.5, 0.6) is 0 Å². The number of likely N-dealkylation sites (N-methyl/N-ethyl adjacent to an activating group) is 1. The molecule has 2 amide bonds. The van der Waals surface area contributed by atoms with Crippen LogP contribution in [0, 0.1) is 15.9 Å². The van der Waals surface area contributed by atoms with Gasteiger partial charge in [-0.3, -0.25) is 25.0 Å². The van der Waals surface area contributed by atoms with Crippen LogP contribution in [-0.4, -0.2) is 40.3 Å². The van der Waals surface area contributed by atoms with E-state index >= 15 is 4.39 Å². The highest BCUT2D eigenvalue weighted by atomic mass is 35.5. The quantitative estimate of drug-likeness (QED) is 0.144. The maximum atomic E-state index is 16.1. The molecule has 2 N–H and O–H groups in total. The first-order valence-electron chi connectivity index (χ1n) is 14.8.